The van der Waals surface area contributed by atoms with Crippen molar-refractivity contribution in [3.05, 3.63) is 48.4 Å². The van der Waals surface area contributed by atoms with E-state index in [9.17, 15) is 23.1 Å². The van der Waals surface area contributed by atoms with Gasteiger partial charge in [-0.1, -0.05) is 0 Å². The molecule has 5 nitrogen and oxygen atoms in total. The van der Waals surface area contributed by atoms with E-state index < -0.39 is 30.7 Å². The summed E-state index contributed by atoms with van der Waals surface area (Å²) < 4.78 is 41.2. The van der Waals surface area contributed by atoms with Gasteiger partial charge < -0.3 is 14.6 Å². The number of halogens is 3. The summed E-state index contributed by atoms with van der Waals surface area (Å²) in [6, 6.07) is 6.83. The number of alkyl halides is 3. The predicted octanol–water partition coefficient (Wildman–Crippen LogP) is 2.26. The molecular weight excluding hydrogens is 323 g/mol. The molecule has 3 rings (SSSR count). The van der Waals surface area contributed by atoms with Crippen molar-refractivity contribution >= 4 is 5.91 Å². The summed E-state index contributed by atoms with van der Waals surface area (Å²) in [5, 5.41) is 9.19. The highest BCUT2D eigenvalue weighted by atomic mass is 19.4. The maximum absolute atomic E-state index is 13.2. The van der Waals surface area contributed by atoms with E-state index in [0.29, 0.717) is 5.82 Å². The van der Waals surface area contributed by atoms with Gasteiger partial charge in [0, 0.05) is 31.7 Å². The molecule has 0 aromatic carbocycles. The molecule has 8 heteroatoms. The molecule has 1 atom stereocenters. The maximum atomic E-state index is 13.2. The van der Waals surface area contributed by atoms with Crippen LogP contribution in [-0.4, -0.2) is 51.3 Å². The molecule has 1 aliphatic rings. The second kappa shape index (κ2) is 5.94. The first kappa shape index (κ1) is 16.5. The Labute approximate surface area is 136 Å². The number of aromatic nitrogens is 2. The van der Waals surface area contributed by atoms with Crippen molar-refractivity contribution in [1.82, 2.24) is 14.5 Å². The van der Waals surface area contributed by atoms with Crippen LogP contribution in [0.5, 0.6) is 0 Å². The van der Waals surface area contributed by atoms with E-state index in [2.05, 4.69) is 4.98 Å². The van der Waals surface area contributed by atoms with E-state index in [1.807, 2.05) is 12.1 Å². The quantitative estimate of drug-likeness (QED) is 0.933. The van der Waals surface area contributed by atoms with Crippen molar-refractivity contribution in [2.24, 2.45) is 5.41 Å². The molecule has 2 aromatic rings. The van der Waals surface area contributed by atoms with Gasteiger partial charge in [0.1, 0.15) is 11.2 Å². The van der Waals surface area contributed by atoms with Gasteiger partial charge in [-0.15, -0.1) is 0 Å². The summed E-state index contributed by atoms with van der Waals surface area (Å²) in [7, 11) is 0. The van der Waals surface area contributed by atoms with E-state index in [4.69, 9.17) is 0 Å². The topological polar surface area (TPSA) is 58.4 Å². The first-order valence-corrected chi connectivity index (χ1v) is 7.43. The molecule has 1 amide bonds. The molecule has 1 saturated heterocycles. The van der Waals surface area contributed by atoms with Crippen LogP contribution in [0.25, 0.3) is 5.82 Å². The first-order valence-electron chi connectivity index (χ1n) is 7.43. The molecule has 24 heavy (non-hydrogen) atoms. The number of amides is 1. The number of hydrogen-bond acceptors (Lipinski definition) is 3. The molecule has 0 radical (unpaired) electrons. The number of hydrogen-bond donors (Lipinski definition) is 1. The zero-order valence-corrected chi connectivity index (χ0v) is 12.7. The lowest BCUT2D eigenvalue weighted by Gasteiger charge is -2.29. The molecule has 1 unspecified atom stereocenters. The van der Waals surface area contributed by atoms with Crippen LogP contribution in [0.15, 0.2) is 42.9 Å². The average Bonchev–Trinajstić information content (AvgIpc) is 3.24. The minimum Gasteiger partial charge on any atom is -0.395 e. The Hall–Kier alpha value is -2.35. The van der Waals surface area contributed by atoms with Gasteiger partial charge in [0.05, 0.1) is 12.2 Å². The second-order valence-electron chi connectivity index (χ2n) is 5.91. The second-order valence-corrected chi connectivity index (χ2v) is 5.91. The summed E-state index contributed by atoms with van der Waals surface area (Å²) in [5.74, 6) is 0.0964. The van der Waals surface area contributed by atoms with Gasteiger partial charge in [0.2, 0.25) is 0 Å². The van der Waals surface area contributed by atoms with E-state index in [0.717, 1.165) is 4.90 Å². The van der Waals surface area contributed by atoms with Crippen LogP contribution in [0.2, 0.25) is 0 Å². The van der Waals surface area contributed by atoms with Crippen molar-refractivity contribution in [2.45, 2.75) is 12.6 Å². The molecule has 2 aromatic heterocycles. The van der Waals surface area contributed by atoms with Crippen LogP contribution in [0, 0.1) is 5.41 Å². The number of pyridine rings is 1. The SMILES string of the molecule is O=C(c1ccc(-n2cccc2)nc1)N1CCC(CO)(C(F)(F)F)C1. The molecular formula is C16H16F3N3O2. The Morgan fingerprint density at radius 3 is 2.50 bits per heavy atom. The molecule has 0 spiro atoms. The average molecular weight is 339 g/mol. The maximum Gasteiger partial charge on any atom is 0.398 e. The number of likely N-dealkylation sites (tertiary alicyclic amines) is 1. The largest absolute Gasteiger partial charge is 0.398 e. The fourth-order valence-corrected chi connectivity index (χ4v) is 2.83. The molecule has 1 aliphatic heterocycles. The molecule has 0 saturated carbocycles. The Balaban J connectivity index is 1.76. The predicted molar refractivity (Wildman–Crippen MR) is 79.7 cm³/mol. The molecule has 1 N–H and O–H groups in total. The summed E-state index contributed by atoms with van der Waals surface area (Å²) in [4.78, 5) is 17.7. The van der Waals surface area contributed by atoms with E-state index in [1.54, 1.807) is 23.0 Å². The van der Waals surface area contributed by atoms with Crippen molar-refractivity contribution in [2.75, 3.05) is 19.7 Å². The Kier molecular flexibility index (Phi) is 4.08. The number of nitrogens with zero attached hydrogens (tertiary/aromatic N) is 3. The van der Waals surface area contributed by atoms with E-state index >= 15 is 0 Å². The van der Waals surface area contributed by atoms with Crippen molar-refractivity contribution in [3.63, 3.8) is 0 Å². The number of aliphatic hydroxyl groups excluding tert-OH is 1. The molecule has 0 aliphatic carbocycles. The minimum atomic E-state index is -4.55. The van der Waals surface area contributed by atoms with Crippen molar-refractivity contribution < 1.29 is 23.1 Å². The normalized spacial score (nSPS) is 21.2. The van der Waals surface area contributed by atoms with Gasteiger partial charge in [0.25, 0.3) is 5.91 Å². The third-order valence-electron chi connectivity index (χ3n) is 4.41. The van der Waals surface area contributed by atoms with Crippen molar-refractivity contribution in [1.29, 1.82) is 0 Å². The standard InChI is InChI=1S/C16H16F3N3O2/c17-16(18,19)15(11-23)5-8-22(10-15)14(24)12-3-4-13(20-9-12)21-6-1-2-7-21/h1-4,6-7,9,23H,5,8,10-11H2. The lowest BCUT2D eigenvalue weighted by atomic mass is 9.87. The van der Waals surface area contributed by atoms with Gasteiger partial charge in [0.15, 0.2) is 0 Å². The van der Waals surface area contributed by atoms with Crippen LogP contribution < -0.4 is 0 Å². The van der Waals surface area contributed by atoms with Crippen LogP contribution >= 0.6 is 0 Å². The van der Waals surface area contributed by atoms with E-state index in [-0.39, 0.29) is 18.5 Å². The summed E-state index contributed by atoms with van der Waals surface area (Å²) in [5.41, 5.74) is -2.01. The third-order valence-corrected chi connectivity index (χ3v) is 4.41. The van der Waals surface area contributed by atoms with Gasteiger partial charge in [-0.3, -0.25) is 4.79 Å². The number of carbonyl (C=O) groups excluding carboxylic acids is 1. The molecule has 0 bridgehead atoms. The molecule has 128 valence electrons. The van der Waals surface area contributed by atoms with Crippen LogP contribution in [0.1, 0.15) is 16.8 Å². The Bertz CT molecular complexity index is 713. The lowest BCUT2D eigenvalue weighted by Crippen LogP contribution is -2.44. The zero-order valence-electron chi connectivity index (χ0n) is 12.7. The highest BCUT2D eigenvalue weighted by molar-refractivity contribution is 5.94. The van der Waals surface area contributed by atoms with Crippen LogP contribution in [0.3, 0.4) is 0 Å². The van der Waals surface area contributed by atoms with E-state index in [1.165, 1.54) is 12.3 Å². The molecule has 1 fully saturated rings. The van der Waals surface area contributed by atoms with Gasteiger partial charge in [-0.25, -0.2) is 4.98 Å². The minimum absolute atomic E-state index is 0.0434. The van der Waals surface area contributed by atoms with Crippen molar-refractivity contribution in [3.8, 4) is 5.82 Å². The Morgan fingerprint density at radius 2 is 2.00 bits per heavy atom. The fourth-order valence-electron chi connectivity index (χ4n) is 2.83. The van der Waals surface area contributed by atoms with Crippen LogP contribution in [0.4, 0.5) is 13.2 Å². The number of aliphatic hydroxyl groups is 1. The van der Waals surface area contributed by atoms with Crippen LogP contribution in [-0.2, 0) is 0 Å². The number of carbonyl (C=O) groups is 1. The smallest absolute Gasteiger partial charge is 0.395 e. The Morgan fingerprint density at radius 1 is 1.29 bits per heavy atom. The van der Waals surface area contributed by atoms with Gasteiger partial charge in [-0.05, 0) is 30.7 Å². The lowest BCUT2D eigenvalue weighted by molar-refractivity contribution is -0.229. The first-order chi connectivity index (χ1) is 11.4. The van der Waals surface area contributed by atoms with Gasteiger partial charge in [-0.2, -0.15) is 13.2 Å². The summed E-state index contributed by atoms with van der Waals surface area (Å²) in [6.07, 6.45) is 0.0948. The number of rotatable bonds is 3. The summed E-state index contributed by atoms with van der Waals surface area (Å²) >= 11 is 0. The monoisotopic (exact) mass is 339 g/mol. The highest BCUT2D eigenvalue weighted by Crippen LogP contribution is 2.45. The third kappa shape index (κ3) is 2.77. The zero-order chi connectivity index (χ0) is 17.4. The highest BCUT2D eigenvalue weighted by Gasteiger charge is 2.58. The van der Waals surface area contributed by atoms with Gasteiger partial charge >= 0.3 is 6.18 Å². The fraction of sp³-hybridized carbons (Fsp3) is 0.375. The summed E-state index contributed by atoms with van der Waals surface area (Å²) in [6.45, 7) is -1.60. The molecule has 3 heterocycles.